The highest BCUT2D eigenvalue weighted by atomic mass is 32.2. The van der Waals surface area contributed by atoms with Gasteiger partial charge in [-0.05, 0) is 68.2 Å². The standard InChI is InChI=1S/C18H21NO2S/c1-14-12-17(22(20,21)16-6-4-3-5-7-16)8-9-18(14)15-10-11-19(2)13-15/h3-9,12,15H,10-11,13H2,1-2H3. The second kappa shape index (κ2) is 5.86. The largest absolute Gasteiger partial charge is 0.306 e. The van der Waals surface area contributed by atoms with Crippen LogP contribution in [0.2, 0.25) is 0 Å². The molecule has 1 atom stereocenters. The minimum absolute atomic E-state index is 0.350. The zero-order valence-electron chi connectivity index (χ0n) is 13.0. The Labute approximate surface area is 132 Å². The zero-order valence-corrected chi connectivity index (χ0v) is 13.8. The van der Waals surface area contributed by atoms with Gasteiger partial charge in [0.15, 0.2) is 0 Å². The molecule has 0 radical (unpaired) electrons. The number of rotatable bonds is 3. The zero-order chi connectivity index (χ0) is 15.7. The van der Waals surface area contributed by atoms with Crippen LogP contribution >= 0.6 is 0 Å². The molecule has 0 saturated carbocycles. The minimum Gasteiger partial charge on any atom is -0.306 e. The lowest BCUT2D eigenvalue weighted by molar-refractivity contribution is 0.411. The lowest BCUT2D eigenvalue weighted by Gasteiger charge is -2.15. The lowest BCUT2D eigenvalue weighted by Crippen LogP contribution is -2.13. The number of hydrogen-bond acceptors (Lipinski definition) is 3. The van der Waals surface area contributed by atoms with Crippen molar-refractivity contribution in [3.63, 3.8) is 0 Å². The molecule has 4 heteroatoms. The van der Waals surface area contributed by atoms with Crippen LogP contribution in [0, 0.1) is 6.92 Å². The number of nitrogens with zero attached hydrogens (tertiary/aromatic N) is 1. The summed E-state index contributed by atoms with van der Waals surface area (Å²) in [5, 5.41) is 0. The molecular formula is C18H21NO2S. The molecule has 1 fully saturated rings. The van der Waals surface area contributed by atoms with E-state index >= 15 is 0 Å². The summed E-state index contributed by atoms with van der Waals surface area (Å²) in [7, 11) is -1.29. The summed E-state index contributed by atoms with van der Waals surface area (Å²) in [6.45, 7) is 4.16. The highest BCUT2D eigenvalue weighted by Gasteiger charge is 2.24. The van der Waals surface area contributed by atoms with E-state index in [0.717, 1.165) is 25.1 Å². The molecule has 22 heavy (non-hydrogen) atoms. The van der Waals surface area contributed by atoms with Gasteiger partial charge in [-0.2, -0.15) is 0 Å². The average Bonchev–Trinajstić information content (AvgIpc) is 2.94. The van der Waals surface area contributed by atoms with Crippen molar-refractivity contribution in [2.24, 2.45) is 0 Å². The van der Waals surface area contributed by atoms with Gasteiger partial charge in [0, 0.05) is 6.54 Å². The Morgan fingerprint density at radius 3 is 2.36 bits per heavy atom. The van der Waals surface area contributed by atoms with Crippen LogP contribution < -0.4 is 0 Å². The normalized spacial score (nSPS) is 19.5. The van der Waals surface area contributed by atoms with E-state index in [-0.39, 0.29) is 0 Å². The van der Waals surface area contributed by atoms with Crippen LogP contribution in [0.4, 0.5) is 0 Å². The lowest BCUT2D eigenvalue weighted by atomic mass is 9.94. The van der Waals surface area contributed by atoms with Gasteiger partial charge in [0.05, 0.1) is 9.79 Å². The molecular weight excluding hydrogens is 294 g/mol. The van der Waals surface area contributed by atoms with Crippen molar-refractivity contribution in [1.29, 1.82) is 0 Å². The second-order valence-corrected chi connectivity index (χ2v) is 8.03. The Balaban J connectivity index is 1.95. The fraction of sp³-hybridized carbons (Fsp3) is 0.333. The molecule has 2 aromatic rings. The van der Waals surface area contributed by atoms with Crippen molar-refractivity contribution in [1.82, 2.24) is 4.90 Å². The number of sulfone groups is 1. The Morgan fingerprint density at radius 1 is 1.05 bits per heavy atom. The summed E-state index contributed by atoms with van der Waals surface area (Å²) in [6, 6.07) is 14.2. The van der Waals surface area contributed by atoms with Crippen molar-refractivity contribution < 1.29 is 8.42 Å². The van der Waals surface area contributed by atoms with Crippen LogP contribution in [0.3, 0.4) is 0 Å². The second-order valence-electron chi connectivity index (χ2n) is 6.08. The fourth-order valence-corrected chi connectivity index (χ4v) is 4.56. The van der Waals surface area contributed by atoms with E-state index in [2.05, 4.69) is 11.9 Å². The molecule has 0 bridgehead atoms. The summed E-state index contributed by atoms with van der Waals surface area (Å²) in [6.07, 6.45) is 1.14. The Hall–Kier alpha value is -1.65. The number of benzene rings is 2. The number of aryl methyl sites for hydroxylation is 1. The van der Waals surface area contributed by atoms with Crippen LogP contribution in [0.5, 0.6) is 0 Å². The van der Waals surface area contributed by atoms with Gasteiger partial charge in [-0.25, -0.2) is 8.42 Å². The smallest absolute Gasteiger partial charge is 0.206 e. The molecule has 0 spiro atoms. The molecule has 3 nitrogen and oxygen atoms in total. The van der Waals surface area contributed by atoms with Crippen LogP contribution in [0.25, 0.3) is 0 Å². The number of likely N-dealkylation sites (tertiary alicyclic amines) is 1. The minimum atomic E-state index is -3.42. The predicted molar refractivity (Wildman–Crippen MR) is 87.9 cm³/mol. The van der Waals surface area contributed by atoms with Crippen molar-refractivity contribution in [3.8, 4) is 0 Å². The summed E-state index contributed by atoms with van der Waals surface area (Å²) in [5.74, 6) is 0.512. The number of likely N-dealkylation sites (N-methyl/N-ethyl adjacent to an activating group) is 1. The molecule has 3 rings (SSSR count). The highest BCUT2D eigenvalue weighted by Crippen LogP contribution is 2.31. The first-order valence-electron chi connectivity index (χ1n) is 7.58. The van der Waals surface area contributed by atoms with E-state index in [1.165, 1.54) is 5.56 Å². The molecule has 1 saturated heterocycles. The van der Waals surface area contributed by atoms with Gasteiger partial charge in [0.1, 0.15) is 0 Å². The van der Waals surface area contributed by atoms with Gasteiger partial charge in [-0.15, -0.1) is 0 Å². The van der Waals surface area contributed by atoms with Gasteiger partial charge >= 0.3 is 0 Å². The SMILES string of the molecule is Cc1cc(S(=O)(=O)c2ccccc2)ccc1C1CCN(C)C1. The Bertz CT molecular complexity index is 769. The van der Waals surface area contributed by atoms with E-state index in [1.54, 1.807) is 30.3 Å². The molecule has 0 aromatic heterocycles. The third-order valence-corrected chi connectivity index (χ3v) is 6.20. The van der Waals surface area contributed by atoms with Crippen LogP contribution in [-0.2, 0) is 9.84 Å². The van der Waals surface area contributed by atoms with E-state index in [9.17, 15) is 8.42 Å². The fourth-order valence-electron chi connectivity index (χ4n) is 3.20. The Kier molecular flexibility index (Phi) is 4.06. The van der Waals surface area contributed by atoms with E-state index in [4.69, 9.17) is 0 Å². The quantitative estimate of drug-likeness (QED) is 0.872. The maximum absolute atomic E-state index is 12.7. The van der Waals surface area contributed by atoms with Crippen LogP contribution in [0.15, 0.2) is 58.3 Å². The number of hydrogen-bond donors (Lipinski definition) is 0. The maximum Gasteiger partial charge on any atom is 0.206 e. The molecule has 0 aliphatic carbocycles. The molecule has 1 unspecified atom stereocenters. The molecule has 1 aliphatic rings. The van der Waals surface area contributed by atoms with E-state index in [0.29, 0.717) is 15.7 Å². The molecule has 1 aliphatic heterocycles. The molecule has 1 heterocycles. The van der Waals surface area contributed by atoms with Crippen molar-refractivity contribution in [2.75, 3.05) is 20.1 Å². The van der Waals surface area contributed by atoms with Gasteiger partial charge in [0.25, 0.3) is 0 Å². The summed E-state index contributed by atoms with van der Waals surface area (Å²) < 4.78 is 25.3. The van der Waals surface area contributed by atoms with Crippen LogP contribution in [0.1, 0.15) is 23.5 Å². The first-order chi connectivity index (χ1) is 10.5. The third-order valence-electron chi connectivity index (χ3n) is 4.44. The van der Waals surface area contributed by atoms with E-state index in [1.807, 2.05) is 25.1 Å². The van der Waals surface area contributed by atoms with Crippen molar-refractivity contribution in [2.45, 2.75) is 29.1 Å². The summed E-state index contributed by atoms with van der Waals surface area (Å²) in [5.41, 5.74) is 2.34. The molecule has 0 amide bonds. The van der Waals surface area contributed by atoms with Crippen LogP contribution in [-0.4, -0.2) is 33.5 Å². The maximum atomic E-state index is 12.7. The first-order valence-corrected chi connectivity index (χ1v) is 9.06. The first kappa shape index (κ1) is 15.3. The van der Waals surface area contributed by atoms with Crippen molar-refractivity contribution in [3.05, 3.63) is 59.7 Å². The topological polar surface area (TPSA) is 37.4 Å². The molecule has 0 N–H and O–H groups in total. The van der Waals surface area contributed by atoms with E-state index < -0.39 is 9.84 Å². The molecule has 116 valence electrons. The van der Waals surface area contributed by atoms with Gasteiger partial charge in [-0.3, -0.25) is 0 Å². The van der Waals surface area contributed by atoms with Gasteiger partial charge < -0.3 is 4.90 Å². The third kappa shape index (κ3) is 2.81. The average molecular weight is 315 g/mol. The predicted octanol–water partition coefficient (Wildman–Crippen LogP) is 3.25. The monoisotopic (exact) mass is 315 g/mol. The van der Waals surface area contributed by atoms with Crippen molar-refractivity contribution >= 4 is 9.84 Å². The van der Waals surface area contributed by atoms with Gasteiger partial charge in [0.2, 0.25) is 9.84 Å². The van der Waals surface area contributed by atoms with Gasteiger partial charge in [-0.1, -0.05) is 24.3 Å². The highest BCUT2D eigenvalue weighted by molar-refractivity contribution is 7.91. The Morgan fingerprint density at radius 2 is 1.77 bits per heavy atom. The summed E-state index contributed by atoms with van der Waals surface area (Å²) in [4.78, 5) is 3.05. The summed E-state index contributed by atoms with van der Waals surface area (Å²) >= 11 is 0. The molecule has 2 aromatic carbocycles.